The molecule has 0 unspecified atom stereocenters. The fourth-order valence-electron chi connectivity index (χ4n) is 2.88. The molecule has 0 saturated carbocycles. The summed E-state index contributed by atoms with van der Waals surface area (Å²) in [5.74, 6) is 4.37. The molecule has 30 heavy (non-hydrogen) atoms. The van der Waals surface area contributed by atoms with E-state index in [1.54, 1.807) is 18.3 Å². The quantitative estimate of drug-likeness (QED) is 0.321. The molecule has 8 heteroatoms. The molecule has 3 rings (SSSR count). The second kappa shape index (κ2) is 8.73. The zero-order chi connectivity index (χ0) is 21.9. The van der Waals surface area contributed by atoms with Crippen molar-refractivity contribution in [3.63, 3.8) is 0 Å². The molecule has 2 aromatic heterocycles. The third kappa shape index (κ3) is 4.72. The van der Waals surface area contributed by atoms with Crippen molar-refractivity contribution in [2.24, 2.45) is 5.84 Å². The Hall–Kier alpha value is -3.10. The summed E-state index contributed by atoms with van der Waals surface area (Å²) in [5.41, 5.74) is 5.99. The van der Waals surface area contributed by atoms with Gasteiger partial charge in [0.05, 0.1) is 22.5 Å². The van der Waals surface area contributed by atoms with Gasteiger partial charge in [-0.05, 0) is 19.9 Å². The minimum absolute atomic E-state index is 0.232. The molecule has 0 atom stereocenters. The largest absolute Gasteiger partial charge is 0.351 e. The number of thiazole rings is 1. The highest BCUT2D eigenvalue weighted by Gasteiger charge is 2.26. The van der Waals surface area contributed by atoms with Crippen LogP contribution in [0.1, 0.15) is 50.8 Å². The summed E-state index contributed by atoms with van der Waals surface area (Å²) in [6.07, 6.45) is 1.39. The molecule has 0 fully saturated rings. The van der Waals surface area contributed by atoms with E-state index in [-0.39, 0.29) is 16.9 Å². The summed E-state index contributed by atoms with van der Waals surface area (Å²) in [7, 11) is 0. The van der Waals surface area contributed by atoms with E-state index in [9.17, 15) is 9.59 Å². The van der Waals surface area contributed by atoms with E-state index in [0.717, 1.165) is 16.3 Å². The summed E-state index contributed by atoms with van der Waals surface area (Å²) < 4.78 is 0. The van der Waals surface area contributed by atoms with Gasteiger partial charge >= 0.3 is 0 Å². The van der Waals surface area contributed by atoms with Crippen LogP contribution in [0.5, 0.6) is 0 Å². The molecule has 0 aliphatic heterocycles. The van der Waals surface area contributed by atoms with Crippen LogP contribution in [0.25, 0.3) is 11.3 Å². The zero-order valence-corrected chi connectivity index (χ0v) is 18.3. The Balaban J connectivity index is 1.73. The molecule has 0 spiro atoms. The topological polar surface area (TPSA) is 110 Å². The molecule has 4 N–H and O–H groups in total. The molecule has 0 saturated heterocycles. The lowest BCUT2D eigenvalue weighted by Crippen LogP contribution is -2.37. The number of aryl methyl sites for hydroxylation is 2. The Bertz CT molecular complexity index is 1070. The van der Waals surface area contributed by atoms with Gasteiger partial charge in [-0.1, -0.05) is 43.7 Å². The van der Waals surface area contributed by atoms with Crippen LogP contribution >= 0.6 is 11.3 Å². The Morgan fingerprint density at radius 1 is 1.13 bits per heavy atom. The number of nitrogens with one attached hydrogen (secondary N) is 2. The summed E-state index contributed by atoms with van der Waals surface area (Å²) in [5, 5.41) is 5.91. The Kier molecular flexibility index (Phi) is 6.28. The van der Waals surface area contributed by atoms with E-state index in [4.69, 9.17) is 10.8 Å². The molecule has 1 aromatic carbocycles. The van der Waals surface area contributed by atoms with Gasteiger partial charge in [-0.25, -0.2) is 10.8 Å². The lowest BCUT2D eigenvalue weighted by atomic mass is 9.94. The van der Waals surface area contributed by atoms with E-state index >= 15 is 0 Å². The molecular weight excluding hydrogens is 398 g/mol. The van der Waals surface area contributed by atoms with Crippen LogP contribution in [0, 0.1) is 13.8 Å². The summed E-state index contributed by atoms with van der Waals surface area (Å²) in [6, 6.07) is 9.74. The number of nitrogen functional groups attached to an aromatic ring is 1. The average molecular weight is 424 g/mol. The van der Waals surface area contributed by atoms with Gasteiger partial charge in [0.1, 0.15) is 5.01 Å². The second-order valence-electron chi connectivity index (χ2n) is 7.80. The van der Waals surface area contributed by atoms with Crippen molar-refractivity contribution >= 4 is 23.2 Å². The lowest BCUT2D eigenvalue weighted by molar-refractivity contribution is 0.0944. The molecule has 156 valence electrons. The summed E-state index contributed by atoms with van der Waals surface area (Å²) >= 11 is 1.57. The number of hydrazine groups is 1. The molecular formula is C22H25N5O2S. The van der Waals surface area contributed by atoms with E-state index in [0.29, 0.717) is 17.8 Å². The highest BCUT2D eigenvalue weighted by Crippen LogP contribution is 2.30. The number of carbonyl (C=O) groups excluding carboxylic acids is 2. The summed E-state index contributed by atoms with van der Waals surface area (Å²) in [6.45, 7) is 8.23. The number of hydrogen-bond acceptors (Lipinski definition) is 6. The van der Waals surface area contributed by atoms with Crippen LogP contribution < -0.4 is 16.6 Å². The first kappa shape index (κ1) is 21.6. The molecule has 0 aliphatic rings. The SMILES string of the molecule is Cc1ccc(-c2csc(C(C)(C)CNC(=O)c3cc(C(=O)NN)cnc3C)n2)cc1. The van der Waals surface area contributed by atoms with Crippen molar-refractivity contribution in [2.75, 3.05) is 6.54 Å². The first-order valence-electron chi connectivity index (χ1n) is 9.50. The number of pyridine rings is 1. The highest BCUT2D eigenvalue weighted by molar-refractivity contribution is 7.10. The van der Waals surface area contributed by atoms with Gasteiger partial charge in [0.2, 0.25) is 0 Å². The van der Waals surface area contributed by atoms with Gasteiger partial charge in [-0.3, -0.25) is 20.0 Å². The van der Waals surface area contributed by atoms with E-state index in [1.165, 1.54) is 17.8 Å². The monoisotopic (exact) mass is 423 g/mol. The molecule has 2 amide bonds. The molecule has 0 bridgehead atoms. The van der Waals surface area contributed by atoms with Crippen molar-refractivity contribution in [3.05, 3.63) is 69.3 Å². The standard InChI is InChI=1S/C22H25N5O2S/c1-13-5-7-15(8-6-13)18-11-30-21(26-18)22(3,4)12-25-20(29)17-9-16(19(28)27-23)10-24-14(17)2/h5-11H,12,23H2,1-4H3,(H,25,29)(H,27,28). The van der Waals surface area contributed by atoms with Crippen molar-refractivity contribution in [1.82, 2.24) is 20.7 Å². The predicted molar refractivity (Wildman–Crippen MR) is 118 cm³/mol. The Labute approximate surface area is 179 Å². The van der Waals surface area contributed by atoms with Crippen LogP contribution in [-0.4, -0.2) is 28.3 Å². The van der Waals surface area contributed by atoms with Gasteiger partial charge in [0.15, 0.2) is 0 Å². The number of amides is 2. The Morgan fingerprint density at radius 2 is 1.83 bits per heavy atom. The van der Waals surface area contributed by atoms with Crippen LogP contribution in [0.15, 0.2) is 41.9 Å². The summed E-state index contributed by atoms with van der Waals surface area (Å²) in [4.78, 5) is 33.4. The maximum absolute atomic E-state index is 12.7. The first-order chi connectivity index (χ1) is 14.2. The number of aromatic nitrogens is 2. The van der Waals surface area contributed by atoms with Gasteiger partial charge in [0, 0.05) is 29.1 Å². The van der Waals surface area contributed by atoms with Crippen LogP contribution in [0.2, 0.25) is 0 Å². The molecule has 7 nitrogen and oxygen atoms in total. The minimum Gasteiger partial charge on any atom is -0.351 e. The molecule has 0 radical (unpaired) electrons. The normalized spacial score (nSPS) is 11.2. The number of carbonyl (C=O) groups is 2. The van der Waals surface area contributed by atoms with Crippen LogP contribution in [0.3, 0.4) is 0 Å². The number of nitrogens with zero attached hydrogens (tertiary/aromatic N) is 2. The zero-order valence-electron chi connectivity index (χ0n) is 17.4. The minimum atomic E-state index is -0.497. The number of rotatable bonds is 6. The number of benzene rings is 1. The van der Waals surface area contributed by atoms with Gasteiger partial charge in [-0.2, -0.15) is 0 Å². The van der Waals surface area contributed by atoms with Crippen LogP contribution in [0.4, 0.5) is 0 Å². The van der Waals surface area contributed by atoms with E-state index < -0.39 is 5.91 Å². The number of hydrogen-bond donors (Lipinski definition) is 3. The van der Waals surface area contributed by atoms with Gasteiger partial charge in [-0.15, -0.1) is 11.3 Å². The third-order valence-corrected chi connectivity index (χ3v) is 6.05. The third-order valence-electron chi connectivity index (χ3n) is 4.85. The molecule has 3 aromatic rings. The lowest BCUT2D eigenvalue weighted by Gasteiger charge is -2.22. The highest BCUT2D eigenvalue weighted by atomic mass is 32.1. The van der Waals surface area contributed by atoms with Crippen molar-refractivity contribution in [3.8, 4) is 11.3 Å². The maximum Gasteiger partial charge on any atom is 0.266 e. The van der Waals surface area contributed by atoms with Gasteiger partial charge in [0.25, 0.3) is 11.8 Å². The predicted octanol–water partition coefficient (Wildman–Crippen LogP) is 3.13. The first-order valence-corrected chi connectivity index (χ1v) is 10.4. The molecule has 0 aliphatic carbocycles. The fraction of sp³-hybridized carbons (Fsp3) is 0.273. The van der Waals surface area contributed by atoms with E-state index in [2.05, 4.69) is 41.5 Å². The maximum atomic E-state index is 12.7. The number of nitrogens with two attached hydrogens (primary N) is 1. The Morgan fingerprint density at radius 3 is 2.50 bits per heavy atom. The van der Waals surface area contributed by atoms with Crippen molar-refractivity contribution in [2.45, 2.75) is 33.1 Å². The molecule has 2 heterocycles. The van der Waals surface area contributed by atoms with Crippen LogP contribution in [-0.2, 0) is 5.41 Å². The second-order valence-corrected chi connectivity index (χ2v) is 8.66. The average Bonchev–Trinajstić information content (AvgIpc) is 3.23. The van der Waals surface area contributed by atoms with Gasteiger partial charge < -0.3 is 5.32 Å². The van der Waals surface area contributed by atoms with Crippen molar-refractivity contribution < 1.29 is 9.59 Å². The smallest absolute Gasteiger partial charge is 0.266 e. The van der Waals surface area contributed by atoms with Crippen molar-refractivity contribution in [1.29, 1.82) is 0 Å². The van der Waals surface area contributed by atoms with E-state index in [1.807, 2.05) is 24.7 Å². The fourth-order valence-corrected chi connectivity index (χ4v) is 3.84.